The fraction of sp³-hybridized carbons (Fsp3) is 0.444. The minimum absolute atomic E-state index is 0.0635. The lowest BCUT2D eigenvalue weighted by atomic mass is 10.1. The summed E-state index contributed by atoms with van der Waals surface area (Å²) < 4.78 is 42.2. The molecule has 0 radical (unpaired) electrons. The Morgan fingerprint density at radius 1 is 1.29 bits per heavy atom. The fourth-order valence-corrected chi connectivity index (χ4v) is 2.40. The standard InChI is InChI=1S/C18H24F3N5O2/c1-2-22-17(23-9-3-11-26-12-4-10-25-26)24-13-16(27)14-5-7-15(8-6-14)28-18(19,20)21/h4-8,10,12,16,27H,2-3,9,11,13H2,1H3,(H2,22,23,24). The zero-order valence-corrected chi connectivity index (χ0v) is 15.5. The Kier molecular flexibility index (Phi) is 8.12. The summed E-state index contributed by atoms with van der Waals surface area (Å²) in [4.78, 5) is 4.32. The topological polar surface area (TPSA) is 83.7 Å². The molecule has 0 saturated heterocycles. The van der Waals surface area contributed by atoms with Crippen LogP contribution in [0.15, 0.2) is 47.7 Å². The van der Waals surface area contributed by atoms with Gasteiger partial charge in [0.1, 0.15) is 5.75 Å². The van der Waals surface area contributed by atoms with Gasteiger partial charge in [0.25, 0.3) is 0 Å². The molecule has 2 rings (SSSR count). The van der Waals surface area contributed by atoms with Crippen molar-refractivity contribution in [3.8, 4) is 5.75 Å². The highest BCUT2D eigenvalue weighted by Crippen LogP contribution is 2.24. The third-order valence-electron chi connectivity index (χ3n) is 3.68. The zero-order chi connectivity index (χ0) is 20.4. The Balaban J connectivity index is 1.83. The van der Waals surface area contributed by atoms with Gasteiger partial charge in [0.15, 0.2) is 5.96 Å². The monoisotopic (exact) mass is 399 g/mol. The molecule has 0 aliphatic rings. The van der Waals surface area contributed by atoms with E-state index in [1.165, 1.54) is 12.1 Å². The summed E-state index contributed by atoms with van der Waals surface area (Å²) in [5.74, 6) is 0.221. The first-order valence-electron chi connectivity index (χ1n) is 8.91. The van der Waals surface area contributed by atoms with Crippen molar-refractivity contribution >= 4 is 5.96 Å². The van der Waals surface area contributed by atoms with E-state index in [4.69, 9.17) is 0 Å². The number of aliphatic hydroxyl groups is 1. The van der Waals surface area contributed by atoms with Crippen LogP contribution in [0.25, 0.3) is 0 Å². The summed E-state index contributed by atoms with van der Waals surface area (Å²) in [5, 5.41) is 20.6. The molecule has 2 aromatic rings. The molecular weight excluding hydrogens is 375 g/mol. The quantitative estimate of drug-likeness (QED) is 0.343. The average molecular weight is 399 g/mol. The normalized spacial score (nSPS) is 13.2. The molecule has 0 fully saturated rings. The second kappa shape index (κ2) is 10.5. The number of aliphatic imine (C=N–C) groups is 1. The maximum Gasteiger partial charge on any atom is 0.573 e. The van der Waals surface area contributed by atoms with Crippen molar-refractivity contribution < 1.29 is 23.0 Å². The van der Waals surface area contributed by atoms with Crippen LogP contribution in [0.4, 0.5) is 13.2 Å². The predicted octanol–water partition coefficient (Wildman–Crippen LogP) is 2.46. The molecule has 0 bridgehead atoms. The van der Waals surface area contributed by atoms with Crippen LogP contribution in [0.2, 0.25) is 0 Å². The molecule has 7 nitrogen and oxygen atoms in total. The van der Waals surface area contributed by atoms with E-state index in [9.17, 15) is 18.3 Å². The number of aryl methyl sites for hydroxylation is 1. The van der Waals surface area contributed by atoms with Gasteiger partial charge >= 0.3 is 6.36 Å². The predicted molar refractivity (Wildman–Crippen MR) is 98.9 cm³/mol. The van der Waals surface area contributed by atoms with Crippen LogP contribution in [0, 0.1) is 0 Å². The van der Waals surface area contributed by atoms with Gasteiger partial charge in [-0.15, -0.1) is 13.2 Å². The van der Waals surface area contributed by atoms with Gasteiger partial charge in [-0.2, -0.15) is 5.10 Å². The van der Waals surface area contributed by atoms with Crippen LogP contribution in [0.1, 0.15) is 25.0 Å². The second-order valence-corrected chi connectivity index (χ2v) is 5.90. The highest BCUT2D eigenvalue weighted by molar-refractivity contribution is 5.79. The van der Waals surface area contributed by atoms with E-state index in [1.807, 2.05) is 23.9 Å². The number of guanidine groups is 1. The number of aromatic nitrogens is 2. The lowest BCUT2D eigenvalue weighted by molar-refractivity contribution is -0.274. The van der Waals surface area contributed by atoms with E-state index in [-0.39, 0.29) is 12.3 Å². The van der Waals surface area contributed by atoms with E-state index in [2.05, 4.69) is 25.5 Å². The molecule has 1 aromatic heterocycles. The van der Waals surface area contributed by atoms with Gasteiger partial charge in [-0.1, -0.05) is 12.1 Å². The smallest absolute Gasteiger partial charge is 0.406 e. The van der Waals surface area contributed by atoms with Crippen molar-refractivity contribution in [3.63, 3.8) is 0 Å². The molecule has 1 heterocycles. The highest BCUT2D eigenvalue weighted by atomic mass is 19.4. The number of aliphatic hydroxyl groups excluding tert-OH is 1. The number of nitrogens with zero attached hydrogens (tertiary/aromatic N) is 3. The molecule has 3 N–H and O–H groups in total. The van der Waals surface area contributed by atoms with Crippen molar-refractivity contribution in [2.45, 2.75) is 32.4 Å². The minimum Gasteiger partial charge on any atom is -0.406 e. The molecule has 1 aromatic carbocycles. The van der Waals surface area contributed by atoms with Gasteiger partial charge in [0.05, 0.1) is 12.6 Å². The van der Waals surface area contributed by atoms with E-state index in [0.717, 1.165) is 25.1 Å². The molecule has 0 saturated carbocycles. The van der Waals surface area contributed by atoms with Crippen LogP contribution in [-0.4, -0.2) is 46.8 Å². The van der Waals surface area contributed by atoms with Gasteiger partial charge in [-0.05, 0) is 37.1 Å². The summed E-state index contributed by atoms with van der Waals surface area (Å²) in [6.45, 7) is 4.09. The molecule has 0 amide bonds. The number of halogens is 3. The number of rotatable bonds is 9. The summed E-state index contributed by atoms with van der Waals surface area (Å²) in [5.41, 5.74) is 0.452. The Morgan fingerprint density at radius 2 is 2.04 bits per heavy atom. The molecule has 1 unspecified atom stereocenters. The number of ether oxygens (including phenoxy) is 1. The Morgan fingerprint density at radius 3 is 2.64 bits per heavy atom. The van der Waals surface area contributed by atoms with Gasteiger partial charge in [-0.3, -0.25) is 9.67 Å². The van der Waals surface area contributed by atoms with E-state index >= 15 is 0 Å². The third-order valence-corrected chi connectivity index (χ3v) is 3.68. The first kappa shape index (κ1) is 21.5. The third kappa shape index (κ3) is 7.87. The van der Waals surface area contributed by atoms with Crippen LogP contribution in [0.3, 0.4) is 0 Å². The average Bonchev–Trinajstić information content (AvgIpc) is 3.15. The van der Waals surface area contributed by atoms with Crippen LogP contribution in [0.5, 0.6) is 5.75 Å². The molecule has 10 heteroatoms. The van der Waals surface area contributed by atoms with E-state index < -0.39 is 12.5 Å². The van der Waals surface area contributed by atoms with Crippen molar-refractivity contribution in [2.75, 3.05) is 19.6 Å². The molecule has 0 spiro atoms. The van der Waals surface area contributed by atoms with Gasteiger partial charge in [0, 0.05) is 32.0 Å². The molecule has 0 aliphatic carbocycles. The Bertz CT molecular complexity index is 718. The summed E-state index contributed by atoms with van der Waals surface area (Å²) in [6, 6.07) is 6.95. The molecule has 0 aliphatic heterocycles. The van der Waals surface area contributed by atoms with E-state index in [1.54, 1.807) is 6.20 Å². The van der Waals surface area contributed by atoms with Crippen molar-refractivity contribution in [1.29, 1.82) is 0 Å². The van der Waals surface area contributed by atoms with Gasteiger partial charge in [0.2, 0.25) is 0 Å². The molecule has 28 heavy (non-hydrogen) atoms. The van der Waals surface area contributed by atoms with Crippen LogP contribution >= 0.6 is 0 Å². The lowest BCUT2D eigenvalue weighted by Gasteiger charge is -2.14. The maximum atomic E-state index is 12.2. The van der Waals surface area contributed by atoms with Crippen molar-refractivity contribution in [1.82, 2.24) is 20.4 Å². The zero-order valence-electron chi connectivity index (χ0n) is 15.5. The largest absolute Gasteiger partial charge is 0.573 e. The molecule has 154 valence electrons. The number of benzene rings is 1. The minimum atomic E-state index is -4.74. The maximum absolute atomic E-state index is 12.2. The Hall–Kier alpha value is -2.75. The first-order valence-corrected chi connectivity index (χ1v) is 8.91. The van der Waals surface area contributed by atoms with Crippen molar-refractivity contribution in [2.24, 2.45) is 4.99 Å². The summed E-state index contributed by atoms with van der Waals surface area (Å²) in [7, 11) is 0. The van der Waals surface area contributed by atoms with Crippen LogP contribution in [-0.2, 0) is 6.54 Å². The number of alkyl halides is 3. The Labute approximate surface area is 161 Å². The summed E-state index contributed by atoms with van der Waals surface area (Å²) >= 11 is 0. The summed E-state index contributed by atoms with van der Waals surface area (Å²) in [6.07, 6.45) is -1.23. The van der Waals surface area contributed by atoms with E-state index in [0.29, 0.717) is 24.6 Å². The fourth-order valence-electron chi connectivity index (χ4n) is 2.40. The molecule has 1 atom stereocenters. The van der Waals surface area contributed by atoms with Gasteiger partial charge in [-0.25, -0.2) is 0 Å². The second-order valence-electron chi connectivity index (χ2n) is 5.90. The molecular formula is C18H24F3N5O2. The number of nitrogens with one attached hydrogen (secondary N) is 2. The first-order chi connectivity index (χ1) is 13.4. The number of hydrogen-bond donors (Lipinski definition) is 3. The van der Waals surface area contributed by atoms with Gasteiger partial charge < -0.3 is 20.5 Å². The number of hydrogen-bond acceptors (Lipinski definition) is 4. The highest BCUT2D eigenvalue weighted by Gasteiger charge is 2.31. The SMILES string of the molecule is CCNC(=NCC(O)c1ccc(OC(F)(F)F)cc1)NCCCn1cccn1. The van der Waals surface area contributed by atoms with Crippen LogP contribution < -0.4 is 15.4 Å². The lowest BCUT2D eigenvalue weighted by Crippen LogP contribution is -2.38. The van der Waals surface area contributed by atoms with Crippen molar-refractivity contribution in [3.05, 3.63) is 48.3 Å².